The summed E-state index contributed by atoms with van der Waals surface area (Å²) in [4.78, 5) is 38.8. The molecule has 1 saturated carbocycles. The van der Waals surface area contributed by atoms with Crippen molar-refractivity contribution in [2.75, 3.05) is 38.3 Å². The summed E-state index contributed by atoms with van der Waals surface area (Å²) >= 11 is 0. The van der Waals surface area contributed by atoms with Gasteiger partial charge < -0.3 is 28.9 Å². The molecular weight excluding hydrogens is 471 g/mol. The van der Waals surface area contributed by atoms with Crippen LogP contribution in [0.15, 0.2) is 23.3 Å². The third-order valence-electron chi connectivity index (χ3n) is 6.71. The highest BCUT2D eigenvalue weighted by Gasteiger charge is 2.42. The Bertz CT molecular complexity index is 1320. The lowest BCUT2D eigenvalue weighted by atomic mass is 10.1. The number of carboxylic acids is 1. The van der Waals surface area contributed by atoms with E-state index in [1.807, 2.05) is 0 Å². The van der Waals surface area contributed by atoms with Crippen LogP contribution in [0.5, 0.6) is 0 Å². The number of anilines is 1. The first-order valence-corrected chi connectivity index (χ1v) is 11.1. The van der Waals surface area contributed by atoms with Gasteiger partial charge in [-0.25, -0.2) is 22.8 Å². The number of benzene rings is 1. The molecule has 5 rings (SSSR count). The summed E-state index contributed by atoms with van der Waals surface area (Å²) in [6.45, 7) is 0.859. The number of nitrogens with zero attached hydrogens (tertiary/aromatic N) is 3. The molecule has 186 valence electrons. The first-order chi connectivity index (χ1) is 16.7. The van der Waals surface area contributed by atoms with Gasteiger partial charge >= 0.3 is 11.9 Å². The standard InChI is InChI=1S/C23H22F3N3O6/c1-34-15(30)4-5-27-6-7-35-14-10-28(9-13(14)27)21-18(25)17(24)16-20(19(21)26)29(11-2-3-11)8-12(22(16)31)23(32)33/h4-5,8,11,13-14H,2-3,6-7,9-10H2,1H3,(H,32,33)/b5-4+/t13-,14+/m0/s1. The lowest BCUT2D eigenvalue weighted by Crippen LogP contribution is -2.48. The molecule has 35 heavy (non-hydrogen) atoms. The monoisotopic (exact) mass is 493 g/mol. The summed E-state index contributed by atoms with van der Waals surface area (Å²) in [5, 5.41) is 8.45. The number of rotatable bonds is 5. The number of hydrogen-bond donors (Lipinski definition) is 1. The predicted octanol–water partition coefficient (Wildman–Crippen LogP) is 2.03. The van der Waals surface area contributed by atoms with Crippen LogP contribution in [0.1, 0.15) is 29.2 Å². The maximum atomic E-state index is 15.9. The fourth-order valence-electron chi connectivity index (χ4n) is 4.86. The van der Waals surface area contributed by atoms with Gasteiger partial charge in [-0.2, -0.15) is 0 Å². The van der Waals surface area contributed by atoms with Crippen LogP contribution in [0.2, 0.25) is 0 Å². The van der Waals surface area contributed by atoms with E-state index in [1.165, 1.54) is 28.9 Å². The molecule has 3 fully saturated rings. The molecular formula is C23H22F3N3O6. The number of morpholine rings is 1. The van der Waals surface area contributed by atoms with Crippen LogP contribution >= 0.6 is 0 Å². The van der Waals surface area contributed by atoms with E-state index in [0.717, 1.165) is 6.20 Å². The molecule has 2 atom stereocenters. The minimum absolute atomic E-state index is 0.0485. The topological polar surface area (TPSA) is 101 Å². The molecule has 12 heteroatoms. The summed E-state index contributed by atoms with van der Waals surface area (Å²) < 4.78 is 58.1. The van der Waals surface area contributed by atoms with E-state index in [9.17, 15) is 19.5 Å². The second-order valence-corrected chi connectivity index (χ2v) is 8.79. The highest BCUT2D eigenvalue weighted by atomic mass is 19.2. The zero-order valence-corrected chi connectivity index (χ0v) is 18.7. The molecule has 0 bridgehead atoms. The van der Waals surface area contributed by atoms with Crippen LogP contribution in [-0.2, 0) is 14.3 Å². The van der Waals surface area contributed by atoms with E-state index < -0.39 is 63.1 Å². The zero-order valence-electron chi connectivity index (χ0n) is 18.7. The van der Waals surface area contributed by atoms with Crippen LogP contribution < -0.4 is 10.3 Å². The first-order valence-electron chi connectivity index (χ1n) is 11.1. The van der Waals surface area contributed by atoms with Crippen LogP contribution in [-0.4, -0.2) is 72.0 Å². The van der Waals surface area contributed by atoms with E-state index in [0.29, 0.717) is 26.0 Å². The van der Waals surface area contributed by atoms with E-state index in [4.69, 9.17) is 4.74 Å². The van der Waals surface area contributed by atoms with Crippen molar-refractivity contribution in [2.24, 2.45) is 0 Å². The fraction of sp³-hybridized carbons (Fsp3) is 0.435. The number of carboxylic acid groups (broad SMARTS) is 1. The van der Waals surface area contributed by atoms with E-state index in [-0.39, 0.29) is 25.2 Å². The molecule has 2 saturated heterocycles. The Morgan fingerprint density at radius 3 is 2.57 bits per heavy atom. The molecule has 0 amide bonds. The van der Waals surface area contributed by atoms with Gasteiger partial charge in [0.1, 0.15) is 11.3 Å². The lowest BCUT2D eigenvalue weighted by molar-refractivity contribution is -0.135. The molecule has 0 unspecified atom stereocenters. The van der Waals surface area contributed by atoms with Crippen molar-refractivity contribution in [2.45, 2.75) is 31.0 Å². The van der Waals surface area contributed by atoms with Crippen LogP contribution in [0.4, 0.5) is 18.9 Å². The van der Waals surface area contributed by atoms with Gasteiger partial charge in [-0.1, -0.05) is 0 Å². The molecule has 1 aromatic carbocycles. The highest BCUT2D eigenvalue weighted by molar-refractivity contribution is 5.94. The van der Waals surface area contributed by atoms with Gasteiger partial charge in [0.15, 0.2) is 17.5 Å². The summed E-state index contributed by atoms with van der Waals surface area (Å²) in [5.74, 6) is -6.44. The van der Waals surface area contributed by atoms with Gasteiger partial charge in [-0.15, -0.1) is 0 Å². The van der Waals surface area contributed by atoms with Crippen molar-refractivity contribution in [1.82, 2.24) is 9.47 Å². The van der Waals surface area contributed by atoms with Gasteiger partial charge in [0.25, 0.3) is 0 Å². The average molecular weight is 493 g/mol. The quantitative estimate of drug-likeness (QED) is 0.384. The summed E-state index contributed by atoms with van der Waals surface area (Å²) in [7, 11) is 1.24. The first kappa shape index (κ1) is 23.2. The van der Waals surface area contributed by atoms with Crippen molar-refractivity contribution >= 4 is 28.5 Å². The smallest absolute Gasteiger partial charge is 0.341 e. The molecule has 0 radical (unpaired) electrons. The summed E-state index contributed by atoms with van der Waals surface area (Å²) in [6.07, 6.45) is 4.48. The molecule has 3 heterocycles. The highest BCUT2D eigenvalue weighted by Crippen LogP contribution is 2.41. The van der Waals surface area contributed by atoms with Crippen molar-refractivity contribution in [3.05, 3.63) is 51.7 Å². The molecule has 2 aromatic rings. The number of methoxy groups -OCH3 is 1. The number of carbonyl (C=O) groups excluding carboxylic acids is 1. The van der Waals surface area contributed by atoms with Gasteiger partial charge in [-0.05, 0) is 12.8 Å². The summed E-state index contributed by atoms with van der Waals surface area (Å²) in [6, 6.07) is -0.686. The Hall–Kier alpha value is -3.54. The van der Waals surface area contributed by atoms with Gasteiger partial charge in [-0.3, -0.25) is 4.79 Å². The molecule has 9 nitrogen and oxygen atoms in total. The van der Waals surface area contributed by atoms with Crippen LogP contribution in [0.3, 0.4) is 0 Å². The number of hydrogen-bond acceptors (Lipinski definition) is 7. The molecule has 1 aliphatic carbocycles. The molecule has 0 spiro atoms. The van der Waals surface area contributed by atoms with Gasteiger partial charge in [0, 0.05) is 44.1 Å². The Kier molecular flexibility index (Phi) is 5.70. The number of pyridine rings is 1. The van der Waals surface area contributed by atoms with Crippen molar-refractivity contribution in [3.63, 3.8) is 0 Å². The van der Waals surface area contributed by atoms with Gasteiger partial charge in [0.05, 0.1) is 36.8 Å². The summed E-state index contributed by atoms with van der Waals surface area (Å²) in [5.41, 5.74) is -3.11. The third kappa shape index (κ3) is 3.81. The molecule has 1 N–H and O–H groups in total. The van der Waals surface area contributed by atoms with Crippen LogP contribution in [0, 0.1) is 17.5 Å². The number of ether oxygens (including phenoxy) is 2. The van der Waals surface area contributed by atoms with Crippen LogP contribution in [0.25, 0.3) is 10.9 Å². The largest absolute Gasteiger partial charge is 0.477 e. The number of fused-ring (bicyclic) bond motifs is 2. The Morgan fingerprint density at radius 2 is 1.91 bits per heavy atom. The third-order valence-corrected chi connectivity index (χ3v) is 6.71. The Morgan fingerprint density at radius 1 is 1.17 bits per heavy atom. The maximum absolute atomic E-state index is 15.9. The average Bonchev–Trinajstić information content (AvgIpc) is 3.59. The minimum Gasteiger partial charge on any atom is -0.477 e. The van der Waals surface area contributed by atoms with Crippen molar-refractivity contribution in [1.29, 1.82) is 0 Å². The Balaban J connectivity index is 1.60. The van der Waals surface area contributed by atoms with Crippen molar-refractivity contribution in [3.8, 4) is 0 Å². The SMILES string of the molecule is COC(=O)/C=C/N1CCO[C@@H]2CN(c3c(F)c(F)c4c(=O)c(C(=O)O)cn(C5CC5)c4c3F)C[C@@H]21. The van der Waals surface area contributed by atoms with Gasteiger partial charge in [0.2, 0.25) is 5.43 Å². The number of aromatic nitrogens is 1. The fourth-order valence-corrected chi connectivity index (χ4v) is 4.86. The van der Waals surface area contributed by atoms with E-state index >= 15 is 13.2 Å². The van der Waals surface area contributed by atoms with Crippen molar-refractivity contribution < 1.29 is 37.3 Å². The Labute approximate surface area is 196 Å². The van der Waals surface area contributed by atoms with E-state index in [1.54, 1.807) is 4.90 Å². The number of halogens is 3. The second-order valence-electron chi connectivity index (χ2n) is 8.79. The second kappa shape index (κ2) is 8.59. The van der Waals surface area contributed by atoms with E-state index in [2.05, 4.69) is 4.74 Å². The normalized spacial score (nSPS) is 22.2. The molecule has 3 aliphatic rings. The maximum Gasteiger partial charge on any atom is 0.341 e. The minimum atomic E-state index is -1.60. The zero-order chi connectivity index (χ0) is 25.0. The lowest BCUT2D eigenvalue weighted by Gasteiger charge is -2.35. The predicted molar refractivity (Wildman–Crippen MR) is 117 cm³/mol. The molecule has 1 aromatic heterocycles. The number of esters is 1. The number of carbonyl (C=O) groups is 2. The number of aromatic carboxylic acids is 1. The molecule has 2 aliphatic heterocycles.